The van der Waals surface area contributed by atoms with Crippen molar-refractivity contribution in [3.8, 4) is 0 Å². The lowest BCUT2D eigenvalue weighted by atomic mass is 9.99. The highest BCUT2D eigenvalue weighted by molar-refractivity contribution is 5.80. The number of hydrogen-bond donors (Lipinski definition) is 3. The molecule has 2 unspecified atom stereocenters. The van der Waals surface area contributed by atoms with Gasteiger partial charge in [-0.3, -0.25) is 9.59 Å². The maximum Gasteiger partial charge on any atom is 0.312 e. The van der Waals surface area contributed by atoms with Crippen molar-refractivity contribution >= 4 is 11.9 Å². The minimum absolute atomic E-state index is 0.0817. The molecule has 1 saturated heterocycles. The van der Waals surface area contributed by atoms with Crippen LogP contribution < -0.4 is 10.6 Å². The molecule has 1 amide bonds. The number of hydrogen-bond acceptors (Lipinski definition) is 4. The van der Waals surface area contributed by atoms with Crippen LogP contribution in [0.25, 0.3) is 0 Å². The SMILES string of the molecule is O=C(CC1CNCCO1)NCC(C(=O)O)c1ccccc1. The molecule has 1 fully saturated rings. The summed E-state index contributed by atoms with van der Waals surface area (Å²) < 4.78 is 5.45. The van der Waals surface area contributed by atoms with Gasteiger partial charge in [0, 0.05) is 19.6 Å². The topological polar surface area (TPSA) is 87.7 Å². The molecule has 1 aliphatic rings. The van der Waals surface area contributed by atoms with E-state index in [1.807, 2.05) is 6.07 Å². The van der Waals surface area contributed by atoms with Crippen LogP contribution in [0.15, 0.2) is 30.3 Å². The van der Waals surface area contributed by atoms with Gasteiger partial charge in [-0.15, -0.1) is 0 Å². The van der Waals surface area contributed by atoms with Crippen LogP contribution in [0.5, 0.6) is 0 Å². The fourth-order valence-corrected chi connectivity index (χ4v) is 2.28. The molecule has 21 heavy (non-hydrogen) atoms. The molecule has 1 aromatic rings. The van der Waals surface area contributed by atoms with Crippen molar-refractivity contribution in [2.75, 3.05) is 26.2 Å². The van der Waals surface area contributed by atoms with Crippen LogP contribution >= 0.6 is 0 Å². The van der Waals surface area contributed by atoms with Gasteiger partial charge >= 0.3 is 5.97 Å². The van der Waals surface area contributed by atoms with Gasteiger partial charge < -0.3 is 20.5 Å². The molecule has 0 spiro atoms. The van der Waals surface area contributed by atoms with Crippen LogP contribution in [0, 0.1) is 0 Å². The molecule has 2 rings (SSSR count). The zero-order valence-corrected chi connectivity index (χ0v) is 11.7. The van der Waals surface area contributed by atoms with E-state index in [1.165, 1.54) is 0 Å². The zero-order chi connectivity index (χ0) is 15.1. The van der Waals surface area contributed by atoms with Gasteiger partial charge in [-0.05, 0) is 5.56 Å². The molecule has 1 aliphatic heterocycles. The minimum Gasteiger partial charge on any atom is -0.481 e. The van der Waals surface area contributed by atoms with Crippen molar-refractivity contribution in [1.82, 2.24) is 10.6 Å². The molecule has 114 valence electrons. The first-order valence-corrected chi connectivity index (χ1v) is 7.03. The number of ether oxygens (including phenoxy) is 1. The molecular weight excluding hydrogens is 272 g/mol. The van der Waals surface area contributed by atoms with Gasteiger partial charge in [-0.2, -0.15) is 0 Å². The molecule has 0 saturated carbocycles. The van der Waals surface area contributed by atoms with Crippen molar-refractivity contribution in [3.63, 3.8) is 0 Å². The number of carboxylic acids is 1. The van der Waals surface area contributed by atoms with Gasteiger partial charge in [0.15, 0.2) is 0 Å². The molecule has 1 heterocycles. The molecule has 1 aromatic carbocycles. The third-order valence-corrected chi connectivity index (χ3v) is 3.42. The van der Waals surface area contributed by atoms with E-state index in [1.54, 1.807) is 24.3 Å². The van der Waals surface area contributed by atoms with Gasteiger partial charge in [-0.25, -0.2) is 0 Å². The van der Waals surface area contributed by atoms with Crippen molar-refractivity contribution < 1.29 is 19.4 Å². The second kappa shape index (κ2) is 7.75. The maximum absolute atomic E-state index is 11.9. The summed E-state index contributed by atoms with van der Waals surface area (Å²) in [7, 11) is 0. The third kappa shape index (κ3) is 4.84. The van der Waals surface area contributed by atoms with E-state index in [9.17, 15) is 14.7 Å². The van der Waals surface area contributed by atoms with Crippen LogP contribution in [-0.2, 0) is 14.3 Å². The minimum atomic E-state index is -0.947. The Morgan fingerprint density at radius 2 is 2.14 bits per heavy atom. The Morgan fingerprint density at radius 1 is 1.38 bits per heavy atom. The fourth-order valence-electron chi connectivity index (χ4n) is 2.28. The Hall–Kier alpha value is -1.92. The largest absolute Gasteiger partial charge is 0.481 e. The summed E-state index contributed by atoms with van der Waals surface area (Å²) in [4.78, 5) is 23.2. The lowest BCUT2D eigenvalue weighted by Crippen LogP contribution is -2.42. The number of carbonyl (C=O) groups is 2. The fraction of sp³-hybridized carbons (Fsp3) is 0.467. The van der Waals surface area contributed by atoms with Crippen LogP contribution in [0.4, 0.5) is 0 Å². The summed E-state index contributed by atoms with van der Waals surface area (Å²) >= 11 is 0. The molecule has 0 aromatic heterocycles. The molecule has 6 nitrogen and oxygen atoms in total. The average Bonchev–Trinajstić information content (AvgIpc) is 2.49. The van der Waals surface area contributed by atoms with E-state index in [0.717, 1.165) is 6.54 Å². The standard InChI is InChI=1S/C15H20N2O4/c18-14(8-12-9-16-6-7-21-12)17-10-13(15(19)20)11-4-2-1-3-5-11/h1-5,12-13,16H,6-10H2,(H,17,18)(H,19,20). The number of carbonyl (C=O) groups excluding carboxylic acids is 1. The Kier molecular flexibility index (Phi) is 5.71. The van der Waals surface area contributed by atoms with E-state index in [-0.39, 0.29) is 25.0 Å². The van der Waals surface area contributed by atoms with Crippen molar-refractivity contribution in [3.05, 3.63) is 35.9 Å². The summed E-state index contributed by atoms with van der Waals surface area (Å²) in [5.41, 5.74) is 0.681. The Bertz CT molecular complexity index is 472. The Balaban J connectivity index is 1.84. The van der Waals surface area contributed by atoms with E-state index >= 15 is 0 Å². The number of benzene rings is 1. The monoisotopic (exact) mass is 292 g/mol. The Labute approximate surface area is 123 Å². The Morgan fingerprint density at radius 3 is 2.76 bits per heavy atom. The van der Waals surface area contributed by atoms with Gasteiger partial charge in [0.2, 0.25) is 5.91 Å². The predicted molar refractivity (Wildman–Crippen MR) is 77.1 cm³/mol. The van der Waals surface area contributed by atoms with Crippen LogP contribution in [0.2, 0.25) is 0 Å². The third-order valence-electron chi connectivity index (χ3n) is 3.42. The van der Waals surface area contributed by atoms with Gasteiger partial charge in [0.1, 0.15) is 0 Å². The highest BCUT2D eigenvalue weighted by Crippen LogP contribution is 2.14. The highest BCUT2D eigenvalue weighted by Gasteiger charge is 2.22. The average molecular weight is 292 g/mol. The summed E-state index contributed by atoms with van der Waals surface area (Å²) in [5.74, 6) is -1.87. The van der Waals surface area contributed by atoms with Gasteiger partial charge in [0.05, 0.1) is 25.0 Å². The zero-order valence-electron chi connectivity index (χ0n) is 11.7. The number of aliphatic carboxylic acids is 1. The predicted octanol–water partition coefficient (Wildman–Crippen LogP) is 0.350. The highest BCUT2D eigenvalue weighted by atomic mass is 16.5. The molecular formula is C15H20N2O4. The second-order valence-electron chi connectivity index (χ2n) is 5.01. The van der Waals surface area contributed by atoms with Crippen molar-refractivity contribution in [1.29, 1.82) is 0 Å². The smallest absolute Gasteiger partial charge is 0.312 e. The molecule has 3 N–H and O–H groups in total. The van der Waals surface area contributed by atoms with E-state index in [4.69, 9.17) is 4.74 Å². The first-order chi connectivity index (χ1) is 10.2. The summed E-state index contributed by atoms with van der Waals surface area (Å²) in [6, 6.07) is 8.90. The molecule has 0 aliphatic carbocycles. The van der Waals surface area contributed by atoms with Gasteiger partial charge in [-0.1, -0.05) is 30.3 Å². The van der Waals surface area contributed by atoms with E-state index in [0.29, 0.717) is 18.7 Å². The number of morpholine rings is 1. The number of carboxylic acid groups (broad SMARTS) is 1. The number of amides is 1. The second-order valence-corrected chi connectivity index (χ2v) is 5.01. The normalized spacial score (nSPS) is 19.7. The lowest BCUT2D eigenvalue weighted by Gasteiger charge is -2.23. The van der Waals surface area contributed by atoms with Crippen LogP contribution in [0.1, 0.15) is 17.9 Å². The van der Waals surface area contributed by atoms with Crippen LogP contribution in [0.3, 0.4) is 0 Å². The lowest BCUT2D eigenvalue weighted by molar-refractivity contribution is -0.138. The first kappa shape index (κ1) is 15.5. The summed E-state index contributed by atoms with van der Waals surface area (Å²) in [6.45, 7) is 2.12. The van der Waals surface area contributed by atoms with Crippen LogP contribution in [-0.4, -0.2) is 49.3 Å². The molecule has 0 bridgehead atoms. The molecule has 2 atom stereocenters. The molecule has 6 heteroatoms. The van der Waals surface area contributed by atoms with E-state index in [2.05, 4.69) is 10.6 Å². The van der Waals surface area contributed by atoms with Crippen molar-refractivity contribution in [2.45, 2.75) is 18.4 Å². The first-order valence-electron chi connectivity index (χ1n) is 7.03. The quantitative estimate of drug-likeness (QED) is 0.704. The van der Waals surface area contributed by atoms with Crippen molar-refractivity contribution in [2.24, 2.45) is 0 Å². The number of rotatable bonds is 6. The van der Waals surface area contributed by atoms with E-state index < -0.39 is 11.9 Å². The van der Waals surface area contributed by atoms with Gasteiger partial charge in [0.25, 0.3) is 0 Å². The molecule has 0 radical (unpaired) electrons. The number of nitrogens with one attached hydrogen (secondary N) is 2. The maximum atomic E-state index is 11.9. The summed E-state index contributed by atoms with van der Waals surface area (Å²) in [6.07, 6.45) is 0.104. The summed E-state index contributed by atoms with van der Waals surface area (Å²) in [5, 5.41) is 15.1.